The number of aliphatic hydroxyl groups excluding tert-OH is 2. The summed E-state index contributed by atoms with van der Waals surface area (Å²) in [5, 5.41) is 18.6. The quantitative estimate of drug-likeness (QED) is 0.656. The van der Waals surface area contributed by atoms with E-state index < -0.39 is 18.3 Å². The zero-order valence-electron chi connectivity index (χ0n) is 13.6. The second-order valence-electron chi connectivity index (χ2n) is 5.76. The molecule has 0 unspecified atom stereocenters. The van der Waals surface area contributed by atoms with Crippen LogP contribution in [-0.2, 0) is 20.1 Å². The zero-order valence-corrected chi connectivity index (χ0v) is 13.6. The summed E-state index contributed by atoms with van der Waals surface area (Å²) in [4.78, 5) is 29.1. The Morgan fingerprint density at radius 3 is 2.65 bits per heavy atom. The topological polar surface area (TPSA) is 102 Å². The molecular weight excluding hydrogens is 300 g/mol. The maximum Gasteiger partial charge on any atom is 0.332 e. The van der Waals surface area contributed by atoms with Gasteiger partial charge in [-0.25, -0.2) is 9.78 Å². The molecule has 2 aromatic rings. The summed E-state index contributed by atoms with van der Waals surface area (Å²) in [6.07, 6.45) is 4.30. The molecule has 8 nitrogen and oxygen atoms in total. The fourth-order valence-corrected chi connectivity index (χ4v) is 2.64. The molecule has 0 saturated heterocycles. The van der Waals surface area contributed by atoms with Gasteiger partial charge in [0.1, 0.15) is 0 Å². The molecule has 8 heteroatoms. The molecular formula is C15H24N4O4. The Morgan fingerprint density at radius 2 is 2.00 bits per heavy atom. The first-order chi connectivity index (χ1) is 11.0. The summed E-state index contributed by atoms with van der Waals surface area (Å²) in [6.45, 7) is 2.12. The molecule has 0 fully saturated rings. The van der Waals surface area contributed by atoms with Crippen molar-refractivity contribution in [2.75, 3.05) is 6.61 Å². The largest absolute Gasteiger partial charge is 0.394 e. The summed E-state index contributed by atoms with van der Waals surface area (Å²) < 4.78 is 4.06. The van der Waals surface area contributed by atoms with Crippen LogP contribution in [0.25, 0.3) is 11.2 Å². The number of hydrogen-bond donors (Lipinski definition) is 2. The lowest BCUT2D eigenvalue weighted by molar-refractivity contribution is 0.0820. The van der Waals surface area contributed by atoms with Crippen LogP contribution in [0.15, 0.2) is 15.9 Å². The van der Waals surface area contributed by atoms with Crippen LogP contribution in [0, 0.1) is 0 Å². The van der Waals surface area contributed by atoms with Gasteiger partial charge in [0.05, 0.1) is 25.6 Å². The predicted octanol–water partition coefficient (Wildman–Crippen LogP) is -0.170. The van der Waals surface area contributed by atoms with Crippen molar-refractivity contribution in [1.82, 2.24) is 18.7 Å². The summed E-state index contributed by atoms with van der Waals surface area (Å²) in [6, 6.07) is 0. The van der Waals surface area contributed by atoms with Gasteiger partial charge in [-0.15, -0.1) is 0 Å². The molecule has 0 bridgehead atoms. The third-order valence-corrected chi connectivity index (χ3v) is 3.96. The van der Waals surface area contributed by atoms with Gasteiger partial charge in [0.25, 0.3) is 5.56 Å². The predicted molar refractivity (Wildman–Crippen MR) is 86.5 cm³/mol. The van der Waals surface area contributed by atoms with Gasteiger partial charge in [-0.3, -0.25) is 13.9 Å². The summed E-state index contributed by atoms with van der Waals surface area (Å²) in [5.74, 6) is 0. The molecule has 0 amide bonds. The Balaban J connectivity index is 2.45. The molecule has 0 aromatic carbocycles. The second-order valence-corrected chi connectivity index (χ2v) is 5.76. The molecule has 2 rings (SSSR count). The Morgan fingerprint density at radius 1 is 1.26 bits per heavy atom. The highest BCUT2D eigenvalue weighted by Crippen LogP contribution is 2.07. The van der Waals surface area contributed by atoms with Crippen molar-refractivity contribution in [2.45, 2.75) is 51.8 Å². The van der Waals surface area contributed by atoms with Gasteiger partial charge < -0.3 is 14.8 Å². The van der Waals surface area contributed by atoms with E-state index in [1.54, 1.807) is 7.05 Å². The number of aliphatic hydroxyl groups is 2. The van der Waals surface area contributed by atoms with E-state index in [0.717, 1.165) is 25.7 Å². The Kier molecular flexibility index (Phi) is 5.73. The van der Waals surface area contributed by atoms with Crippen LogP contribution in [-0.4, -0.2) is 41.6 Å². The Hall–Kier alpha value is -1.93. The molecule has 0 spiro atoms. The number of rotatable bonds is 8. The van der Waals surface area contributed by atoms with Crippen LogP contribution < -0.4 is 11.2 Å². The smallest absolute Gasteiger partial charge is 0.332 e. The van der Waals surface area contributed by atoms with Gasteiger partial charge in [0.2, 0.25) is 0 Å². The van der Waals surface area contributed by atoms with Crippen molar-refractivity contribution < 1.29 is 10.2 Å². The van der Waals surface area contributed by atoms with Crippen LogP contribution in [0.3, 0.4) is 0 Å². The minimum absolute atomic E-state index is 0.0519. The van der Waals surface area contributed by atoms with Crippen LogP contribution in [0.5, 0.6) is 0 Å². The molecule has 2 aromatic heterocycles. The SMILES string of the molecule is CCCCCCn1c(=O)c2c(ncn2C[C@H](O)CO)n(C)c1=O. The Labute approximate surface area is 133 Å². The van der Waals surface area contributed by atoms with E-state index in [1.165, 1.54) is 20.0 Å². The lowest BCUT2D eigenvalue weighted by Gasteiger charge is -2.11. The van der Waals surface area contributed by atoms with Gasteiger partial charge in [0, 0.05) is 13.6 Å². The normalized spacial score (nSPS) is 12.9. The fraction of sp³-hybridized carbons (Fsp3) is 0.667. The van der Waals surface area contributed by atoms with Crippen LogP contribution in [0.1, 0.15) is 32.6 Å². The van der Waals surface area contributed by atoms with Crippen LogP contribution in [0.4, 0.5) is 0 Å². The average molecular weight is 324 g/mol. The molecule has 23 heavy (non-hydrogen) atoms. The molecule has 2 N–H and O–H groups in total. The third-order valence-electron chi connectivity index (χ3n) is 3.96. The number of unbranched alkanes of at least 4 members (excludes halogenated alkanes) is 3. The molecule has 0 saturated carbocycles. The molecule has 0 radical (unpaired) electrons. The summed E-state index contributed by atoms with van der Waals surface area (Å²) >= 11 is 0. The van der Waals surface area contributed by atoms with Gasteiger partial charge in [-0.2, -0.15) is 0 Å². The van der Waals surface area contributed by atoms with Gasteiger partial charge >= 0.3 is 5.69 Å². The molecule has 0 aliphatic rings. The number of fused-ring (bicyclic) bond motifs is 1. The first-order valence-electron chi connectivity index (χ1n) is 7.94. The number of aryl methyl sites for hydroxylation is 1. The molecule has 0 aliphatic heterocycles. The van der Waals surface area contributed by atoms with E-state index in [0.29, 0.717) is 6.54 Å². The van der Waals surface area contributed by atoms with Crippen molar-refractivity contribution in [1.29, 1.82) is 0 Å². The summed E-state index contributed by atoms with van der Waals surface area (Å²) in [5.41, 5.74) is -0.223. The number of imidazole rings is 1. The number of aromatic nitrogens is 4. The van der Waals surface area contributed by atoms with Gasteiger partial charge in [-0.05, 0) is 6.42 Å². The fourth-order valence-electron chi connectivity index (χ4n) is 2.64. The van der Waals surface area contributed by atoms with Crippen molar-refractivity contribution in [2.24, 2.45) is 7.05 Å². The van der Waals surface area contributed by atoms with Crippen molar-refractivity contribution in [3.05, 3.63) is 27.2 Å². The van der Waals surface area contributed by atoms with E-state index in [-0.39, 0.29) is 23.4 Å². The highest BCUT2D eigenvalue weighted by molar-refractivity contribution is 5.69. The van der Waals surface area contributed by atoms with Crippen LogP contribution in [0.2, 0.25) is 0 Å². The lowest BCUT2D eigenvalue weighted by atomic mass is 10.2. The highest BCUT2D eigenvalue weighted by Gasteiger charge is 2.17. The van der Waals surface area contributed by atoms with E-state index in [2.05, 4.69) is 11.9 Å². The van der Waals surface area contributed by atoms with E-state index in [9.17, 15) is 14.7 Å². The maximum atomic E-state index is 12.7. The van der Waals surface area contributed by atoms with E-state index in [4.69, 9.17) is 5.11 Å². The minimum atomic E-state index is -0.984. The first kappa shape index (κ1) is 17.4. The van der Waals surface area contributed by atoms with Crippen molar-refractivity contribution in [3.8, 4) is 0 Å². The van der Waals surface area contributed by atoms with Gasteiger partial charge in [-0.1, -0.05) is 26.2 Å². The second kappa shape index (κ2) is 7.56. The maximum absolute atomic E-state index is 12.7. The van der Waals surface area contributed by atoms with Crippen LogP contribution >= 0.6 is 0 Å². The lowest BCUT2D eigenvalue weighted by Crippen LogP contribution is -2.40. The van der Waals surface area contributed by atoms with Crippen molar-refractivity contribution >= 4 is 11.2 Å². The van der Waals surface area contributed by atoms with Crippen molar-refractivity contribution in [3.63, 3.8) is 0 Å². The monoisotopic (exact) mass is 324 g/mol. The zero-order chi connectivity index (χ0) is 17.0. The Bertz CT molecular complexity index is 774. The highest BCUT2D eigenvalue weighted by atomic mass is 16.3. The van der Waals surface area contributed by atoms with E-state index in [1.807, 2.05) is 0 Å². The summed E-state index contributed by atoms with van der Waals surface area (Å²) in [7, 11) is 1.58. The first-order valence-corrected chi connectivity index (χ1v) is 7.94. The number of nitrogens with zero attached hydrogens (tertiary/aromatic N) is 4. The molecule has 128 valence electrons. The van der Waals surface area contributed by atoms with E-state index >= 15 is 0 Å². The molecule has 2 heterocycles. The minimum Gasteiger partial charge on any atom is -0.394 e. The average Bonchev–Trinajstić information content (AvgIpc) is 2.95. The molecule has 1 atom stereocenters. The standard InChI is InChI=1S/C15H24N4O4/c1-3-4-5-6-7-19-14(22)12-13(17(2)15(19)23)16-10-18(12)8-11(21)9-20/h10-11,20-21H,3-9H2,1-2H3/t11-/m0/s1. The number of hydrogen-bond acceptors (Lipinski definition) is 5. The molecule has 0 aliphatic carbocycles. The third kappa shape index (κ3) is 3.53. The van der Waals surface area contributed by atoms with Gasteiger partial charge in [0.15, 0.2) is 11.2 Å².